The number of ether oxygens (including phenoxy) is 2. The van der Waals surface area contributed by atoms with Gasteiger partial charge >= 0.3 is 12.0 Å². The second-order valence-electron chi connectivity index (χ2n) is 7.39. The Hall–Kier alpha value is -2.91. The van der Waals surface area contributed by atoms with Crippen molar-refractivity contribution < 1.29 is 27.8 Å². The van der Waals surface area contributed by atoms with Crippen LogP contribution in [-0.4, -0.2) is 66.3 Å². The predicted octanol–water partition coefficient (Wildman–Crippen LogP) is 1.88. The Labute approximate surface area is 172 Å². The quantitative estimate of drug-likeness (QED) is 0.763. The van der Waals surface area contributed by atoms with E-state index >= 15 is 0 Å². The van der Waals surface area contributed by atoms with Crippen LogP contribution >= 0.6 is 0 Å². The lowest BCUT2D eigenvalue weighted by Crippen LogP contribution is -2.66. The van der Waals surface area contributed by atoms with Crippen molar-refractivity contribution in [1.82, 2.24) is 9.88 Å². The summed E-state index contributed by atoms with van der Waals surface area (Å²) >= 11 is 0. The van der Waals surface area contributed by atoms with Gasteiger partial charge in [-0.25, -0.2) is 0 Å². The summed E-state index contributed by atoms with van der Waals surface area (Å²) in [5.74, 6) is -1.71. The standard InChI is InChI=1S/C21H21F2N3O4/c22-21(23)19(28)26(17-7-2-1-3-8-17)14-20(30-21)13-25(10-11-29-15-20)18(27)12-16-6-4-5-9-24-16/h1-9H,10-15H2. The Morgan fingerprint density at radius 2 is 1.87 bits per heavy atom. The molecule has 2 aromatic rings. The summed E-state index contributed by atoms with van der Waals surface area (Å²) in [7, 11) is 0. The van der Waals surface area contributed by atoms with Crippen molar-refractivity contribution >= 4 is 17.5 Å². The van der Waals surface area contributed by atoms with Crippen molar-refractivity contribution in [3.63, 3.8) is 0 Å². The molecule has 1 spiro atoms. The summed E-state index contributed by atoms with van der Waals surface area (Å²) in [6.07, 6.45) is -2.41. The number of nitrogens with zero attached hydrogens (tertiary/aromatic N) is 3. The summed E-state index contributed by atoms with van der Waals surface area (Å²) in [5, 5.41) is 0. The van der Waals surface area contributed by atoms with Gasteiger partial charge in [-0.05, 0) is 24.3 Å². The Kier molecular flexibility index (Phi) is 5.48. The summed E-state index contributed by atoms with van der Waals surface area (Å²) in [4.78, 5) is 31.8. The SMILES string of the molecule is O=C(Cc1ccccn1)N1CCOCC2(C1)CN(c1ccccc1)C(=O)C(F)(F)O2. The normalized spacial score (nSPS) is 24.0. The highest BCUT2D eigenvalue weighted by Crippen LogP contribution is 2.36. The number of benzene rings is 1. The molecular formula is C21H21F2N3O4. The molecule has 7 nitrogen and oxygen atoms in total. The van der Waals surface area contributed by atoms with Crippen LogP contribution < -0.4 is 4.90 Å². The third-order valence-corrected chi connectivity index (χ3v) is 5.11. The van der Waals surface area contributed by atoms with Gasteiger partial charge in [0, 0.05) is 24.1 Å². The number of carbonyl (C=O) groups is 2. The van der Waals surface area contributed by atoms with E-state index < -0.39 is 17.6 Å². The highest BCUT2D eigenvalue weighted by Gasteiger charge is 2.58. The first-order valence-corrected chi connectivity index (χ1v) is 9.59. The number of carbonyl (C=O) groups excluding carboxylic acids is 2. The largest absolute Gasteiger partial charge is 0.437 e. The van der Waals surface area contributed by atoms with E-state index in [4.69, 9.17) is 9.47 Å². The van der Waals surface area contributed by atoms with Crippen LogP contribution in [0.4, 0.5) is 14.5 Å². The molecule has 0 bridgehead atoms. The van der Waals surface area contributed by atoms with Crippen molar-refractivity contribution in [3.05, 3.63) is 60.4 Å². The molecule has 1 atom stereocenters. The van der Waals surface area contributed by atoms with E-state index in [2.05, 4.69) is 4.98 Å². The molecule has 2 fully saturated rings. The van der Waals surface area contributed by atoms with Crippen molar-refractivity contribution in [2.24, 2.45) is 0 Å². The van der Waals surface area contributed by atoms with Crippen LogP contribution in [0.5, 0.6) is 0 Å². The summed E-state index contributed by atoms with van der Waals surface area (Å²) in [5.41, 5.74) is -0.637. The molecule has 2 amide bonds. The van der Waals surface area contributed by atoms with Crippen molar-refractivity contribution in [1.29, 1.82) is 0 Å². The molecule has 3 heterocycles. The topological polar surface area (TPSA) is 72.0 Å². The number of anilines is 1. The van der Waals surface area contributed by atoms with E-state index in [1.807, 2.05) is 0 Å². The van der Waals surface area contributed by atoms with Crippen LogP contribution in [0.25, 0.3) is 0 Å². The van der Waals surface area contributed by atoms with Crippen LogP contribution in [-0.2, 0) is 25.5 Å². The smallest absolute Gasteiger partial charge is 0.376 e. The van der Waals surface area contributed by atoms with Gasteiger partial charge in [0.2, 0.25) is 5.91 Å². The van der Waals surface area contributed by atoms with Crippen LogP contribution in [0.2, 0.25) is 0 Å². The van der Waals surface area contributed by atoms with Crippen LogP contribution in [0.1, 0.15) is 5.69 Å². The molecule has 2 aliphatic rings. The van der Waals surface area contributed by atoms with Gasteiger partial charge in [0.1, 0.15) is 5.60 Å². The van der Waals surface area contributed by atoms with E-state index in [9.17, 15) is 18.4 Å². The van der Waals surface area contributed by atoms with Crippen LogP contribution in [0, 0.1) is 0 Å². The number of halogens is 2. The number of amides is 2. The van der Waals surface area contributed by atoms with Crippen LogP contribution in [0.15, 0.2) is 54.7 Å². The zero-order valence-electron chi connectivity index (χ0n) is 16.2. The minimum Gasteiger partial charge on any atom is -0.376 e. The molecular weight excluding hydrogens is 396 g/mol. The lowest BCUT2D eigenvalue weighted by Gasteiger charge is -2.45. The predicted molar refractivity (Wildman–Crippen MR) is 103 cm³/mol. The minimum absolute atomic E-state index is 0.0364. The van der Waals surface area contributed by atoms with Gasteiger partial charge in [0.25, 0.3) is 0 Å². The monoisotopic (exact) mass is 417 g/mol. The summed E-state index contributed by atoms with van der Waals surface area (Å²) < 4.78 is 39.7. The maximum Gasteiger partial charge on any atom is 0.437 e. The third-order valence-electron chi connectivity index (χ3n) is 5.11. The highest BCUT2D eigenvalue weighted by atomic mass is 19.3. The first-order chi connectivity index (χ1) is 14.4. The number of pyridine rings is 1. The van der Waals surface area contributed by atoms with Gasteiger partial charge < -0.3 is 14.5 Å². The molecule has 158 valence electrons. The molecule has 30 heavy (non-hydrogen) atoms. The van der Waals surface area contributed by atoms with Gasteiger partial charge in [-0.3, -0.25) is 19.3 Å². The lowest BCUT2D eigenvalue weighted by molar-refractivity contribution is -0.293. The van der Waals surface area contributed by atoms with E-state index in [1.165, 1.54) is 4.90 Å². The van der Waals surface area contributed by atoms with Gasteiger partial charge in [0.15, 0.2) is 0 Å². The summed E-state index contributed by atoms with van der Waals surface area (Å²) in [6.45, 7) is -0.0121. The number of hydrogen-bond acceptors (Lipinski definition) is 5. The number of para-hydroxylation sites is 1. The van der Waals surface area contributed by atoms with Gasteiger partial charge in [-0.2, -0.15) is 8.78 Å². The fourth-order valence-corrected chi connectivity index (χ4v) is 3.73. The Balaban J connectivity index is 1.59. The van der Waals surface area contributed by atoms with E-state index in [0.717, 1.165) is 4.90 Å². The maximum absolute atomic E-state index is 14.6. The molecule has 0 saturated carbocycles. The highest BCUT2D eigenvalue weighted by molar-refractivity contribution is 5.98. The number of alkyl halides is 2. The average molecular weight is 417 g/mol. The lowest BCUT2D eigenvalue weighted by atomic mass is 10.00. The second-order valence-corrected chi connectivity index (χ2v) is 7.39. The Morgan fingerprint density at radius 3 is 2.60 bits per heavy atom. The van der Waals surface area contributed by atoms with Gasteiger partial charge in [-0.15, -0.1) is 0 Å². The second kappa shape index (κ2) is 8.08. The molecule has 9 heteroatoms. The molecule has 1 aromatic heterocycles. The zero-order chi connectivity index (χ0) is 21.2. The molecule has 1 aromatic carbocycles. The number of rotatable bonds is 3. The van der Waals surface area contributed by atoms with E-state index in [-0.39, 0.29) is 45.2 Å². The molecule has 2 saturated heterocycles. The van der Waals surface area contributed by atoms with Gasteiger partial charge in [-0.1, -0.05) is 24.3 Å². The van der Waals surface area contributed by atoms with Crippen molar-refractivity contribution in [2.45, 2.75) is 18.1 Å². The first-order valence-electron chi connectivity index (χ1n) is 9.59. The molecule has 0 aliphatic carbocycles. The summed E-state index contributed by atoms with van der Waals surface area (Å²) in [6, 6.07) is 13.5. The Morgan fingerprint density at radius 1 is 1.10 bits per heavy atom. The van der Waals surface area contributed by atoms with Gasteiger partial charge in [0.05, 0.1) is 32.7 Å². The fourth-order valence-electron chi connectivity index (χ4n) is 3.73. The number of morpholine rings is 1. The van der Waals surface area contributed by atoms with Crippen molar-refractivity contribution in [2.75, 3.05) is 37.7 Å². The third kappa shape index (κ3) is 4.17. The first kappa shape index (κ1) is 20.4. The minimum atomic E-state index is -4.03. The molecule has 2 aliphatic heterocycles. The Bertz CT molecular complexity index is 913. The molecule has 4 rings (SSSR count). The zero-order valence-corrected chi connectivity index (χ0v) is 16.2. The van der Waals surface area contributed by atoms with Crippen molar-refractivity contribution in [3.8, 4) is 0 Å². The average Bonchev–Trinajstić information content (AvgIpc) is 2.94. The number of aromatic nitrogens is 1. The van der Waals surface area contributed by atoms with E-state index in [0.29, 0.717) is 11.4 Å². The van der Waals surface area contributed by atoms with E-state index in [1.54, 1.807) is 54.7 Å². The molecule has 0 N–H and O–H groups in total. The van der Waals surface area contributed by atoms with Crippen LogP contribution in [0.3, 0.4) is 0 Å². The molecule has 0 radical (unpaired) electrons. The number of hydrogen-bond donors (Lipinski definition) is 0. The molecule has 1 unspecified atom stereocenters. The maximum atomic E-state index is 14.6. The fraction of sp³-hybridized carbons (Fsp3) is 0.381.